The lowest BCUT2D eigenvalue weighted by molar-refractivity contribution is 1.37. The summed E-state index contributed by atoms with van der Waals surface area (Å²) in [5.41, 5.74) is 1.12. The lowest BCUT2D eigenvalue weighted by Crippen LogP contribution is -2.72. The standard InChI is InChI=1S/C29H27NS3Si2/c1-31-27-19-25-29(33-27)28-24(18-23(32-28)22-16-11-17-26(30-22)34(2,3)4)35(25,20-12-7-5-8-13-20)21-14-9-6-10-15-21/h5-19H,1-4H3. The molecule has 0 atom stereocenters. The van der Waals surface area contributed by atoms with Crippen molar-refractivity contribution in [3.63, 3.8) is 0 Å². The minimum Gasteiger partial charge on any atom is -0.257 e. The van der Waals surface area contributed by atoms with Crippen LogP contribution in [0.2, 0.25) is 19.6 Å². The Labute approximate surface area is 221 Å². The van der Waals surface area contributed by atoms with Crippen molar-refractivity contribution < 1.29 is 0 Å². The molecule has 2 aromatic carbocycles. The van der Waals surface area contributed by atoms with E-state index < -0.39 is 16.1 Å². The summed E-state index contributed by atoms with van der Waals surface area (Å²) >= 11 is 5.77. The first kappa shape index (κ1) is 23.2. The summed E-state index contributed by atoms with van der Waals surface area (Å²) in [6, 6.07) is 34.1. The number of benzene rings is 2. The third-order valence-corrected chi connectivity index (χ3v) is 17.3. The van der Waals surface area contributed by atoms with Crippen LogP contribution in [0.3, 0.4) is 0 Å². The molecule has 35 heavy (non-hydrogen) atoms. The molecule has 174 valence electrons. The number of hydrogen-bond acceptors (Lipinski definition) is 4. The van der Waals surface area contributed by atoms with Crippen LogP contribution >= 0.6 is 34.4 Å². The summed E-state index contributed by atoms with van der Waals surface area (Å²) in [6.45, 7) is 7.12. The molecular formula is C29H27NS3Si2. The van der Waals surface area contributed by atoms with Gasteiger partial charge in [0, 0.05) is 15.1 Å². The largest absolute Gasteiger partial charge is 0.257 e. The van der Waals surface area contributed by atoms with E-state index in [1.807, 2.05) is 34.4 Å². The van der Waals surface area contributed by atoms with Crippen LogP contribution in [0.5, 0.6) is 0 Å². The SMILES string of the molecule is CSc1cc2c(s1)-c1sc(-c3cccc([Si](C)(C)C)n3)cc1[Si]2(c1ccccc1)c1ccccc1. The van der Waals surface area contributed by atoms with Gasteiger partial charge in [-0.2, -0.15) is 0 Å². The Morgan fingerprint density at radius 3 is 1.91 bits per heavy atom. The van der Waals surface area contributed by atoms with Crippen LogP contribution in [0.15, 0.2) is 95.2 Å². The van der Waals surface area contributed by atoms with Gasteiger partial charge in [-0.25, -0.2) is 0 Å². The van der Waals surface area contributed by atoms with Crippen LogP contribution in [0.4, 0.5) is 0 Å². The van der Waals surface area contributed by atoms with Crippen LogP contribution in [0.1, 0.15) is 0 Å². The number of hydrogen-bond donors (Lipinski definition) is 0. The topological polar surface area (TPSA) is 12.9 Å². The smallest absolute Gasteiger partial charge is 0.182 e. The molecule has 0 unspecified atom stereocenters. The van der Waals surface area contributed by atoms with Gasteiger partial charge < -0.3 is 0 Å². The summed E-state index contributed by atoms with van der Waals surface area (Å²) in [7, 11) is -3.89. The predicted octanol–water partition coefficient (Wildman–Crippen LogP) is 5.50. The maximum atomic E-state index is 5.18. The summed E-state index contributed by atoms with van der Waals surface area (Å²) in [6.07, 6.45) is 2.20. The molecule has 0 amide bonds. The number of nitrogens with zero attached hydrogens (tertiary/aromatic N) is 1. The van der Waals surface area contributed by atoms with Crippen molar-refractivity contribution in [2.24, 2.45) is 0 Å². The van der Waals surface area contributed by atoms with Gasteiger partial charge in [-0.3, -0.25) is 4.98 Å². The van der Waals surface area contributed by atoms with E-state index in [0.717, 1.165) is 5.69 Å². The van der Waals surface area contributed by atoms with Crippen molar-refractivity contribution in [1.29, 1.82) is 0 Å². The van der Waals surface area contributed by atoms with Gasteiger partial charge in [-0.15, -0.1) is 34.4 Å². The van der Waals surface area contributed by atoms with Gasteiger partial charge in [0.15, 0.2) is 8.07 Å². The monoisotopic (exact) mass is 541 g/mol. The molecule has 6 heteroatoms. The Kier molecular flexibility index (Phi) is 5.77. The second-order valence-corrected chi connectivity index (χ2v) is 22.0. The number of thioether (sulfide) groups is 1. The molecular weight excluding hydrogens is 515 g/mol. The van der Waals surface area contributed by atoms with E-state index in [1.165, 1.54) is 39.7 Å². The average molecular weight is 542 g/mol. The van der Waals surface area contributed by atoms with Crippen molar-refractivity contribution >= 4 is 76.6 Å². The Morgan fingerprint density at radius 2 is 1.31 bits per heavy atom. The van der Waals surface area contributed by atoms with E-state index in [2.05, 4.69) is 117 Å². The first-order chi connectivity index (χ1) is 16.9. The average Bonchev–Trinajstić information content (AvgIpc) is 3.56. The van der Waals surface area contributed by atoms with Crippen molar-refractivity contribution in [2.75, 3.05) is 6.26 Å². The van der Waals surface area contributed by atoms with Crippen molar-refractivity contribution in [1.82, 2.24) is 4.98 Å². The number of fused-ring (bicyclic) bond motifs is 3. The van der Waals surface area contributed by atoms with Crippen LogP contribution in [-0.4, -0.2) is 27.4 Å². The molecule has 1 aliphatic rings. The maximum absolute atomic E-state index is 5.18. The van der Waals surface area contributed by atoms with Gasteiger partial charge in [0.1, 0.15) is 8.07 Å². The highest BCUT2D eigenvalue weighted by molar-refractivity contribution is 8.00. The summed E-state index contributed by atoms with van der Waals surface area (Å²) in [5.74, 6) is 0. The van der Waals surface area contributed by atoms with Gasteiger partial charge in [0.2, 0.25) is 0 Å². The quantitative estimate of drug-likeness (QED) is 0.211. The first-order valence-corrected chi connectivity index (χ1v) is 20.2. The van der Waals surface area contributed by atoms with E-state index >= 15 is 0 Å². The van der Waals surface area contributed by atoms with E-state index in [0.29, 0.717) is 0 Å². The molecule has 0 aliphatic carbocycles. The lowest BCUT2D eigenvalue weighted by atomic mass is 10.3. The molecule has 0 saturated heterocycles. The number of aromatic nitrogens is 1. The van der Waals surface area contributed by atoms with E-state index in [4.69, 9.17) is 4.98 Å². The fraction of sp³-hybridized carbons (Fsp3) is 0.138. The van der Waals surface area contributed by atoms with Gasteiger partial charge in [0.25, 0.3) is 0 Å². The van der Waals surface area contributed by atoms with Gasteiger partial charge >= 0.3 is 0 Å². The Hall–Kier alpha value is -2.23. The first-order valence-electron chi connectivity index (χ1n) is 11.8. The molecule has 0 fully saturated rings. The second-order valence-electron chi connectivity index (χ2n) is 10.0. The van der Waals surface area contributed by atoms with Gasteiger partial charge in [-0.1, -0.05) is 86.4 Å². The molecule has 1 nitrogen and oxygen atoms in total. The van der Waals surface area contributed by atoms with Crippen molar-refractivity contribution in [3.05, 3.63) is 91.0 Å². The molecule has 5 aromatic rings. The molecule has 6 rings (SSSR count). The molecule has 4 heterocycles. The van der Waals surface area contributed by atoms with Crippen molar-refractivity contribution in [3.8, 4) is 20.3 Å². The Balaban J connectivity index is 1.66. The van der Waals surface area contributed by atoms with Gasteiger partial charge in [-0.05, 0) is 51.3 Å². The summed E-state index contributed by atoms with van der Waals surface area (Å²) in [5, 5.41) is 7.29. The van der Waals surface area contributed by atoms with Crippen molar-refractivity contribution in [2.45, 2.75) is 23.9 Å². The lowest BCUT2D eigenvalue weighted by Gasteiger charge is -2.30. The fourth-order valence-corrected chi connectivity index (χ4v) is 15.7. The molecule has 0 spiro atoms. The molecule has 0 bridgehead atoms. The Morgan fingerprint density at radius 1 is 0.714 bits per heavy atom. The fourth-order valence-electron chi connectivity index (χ4n) is 5.18. The number of rotatable bonds is 5. The van der Waals surface area contributed by atoms with Crippen LogP contribution in [0.25, 0.3) is 20.3 Å². The zero-order valence-electron chi connectivity index (χ0n) is 20.3. The highest BCUT2D eigenvalue weighted by Gasteiger charge is 2.51. The zero-order valence-corrected chi connectivity index (χ0v) is 24.8. The number of thiophene rings is 2. The molecule has 0 radical (unpaired) electrons. The normalized spacial score (nSPS) is 14.1. The second kappa shape index (κ2) is 8.71. The highest BCUT2D eigenvalue weighted by atomic mass is 32.2. The van der Waals surface area contributed by atoms with Crippen LogP contribution < -0.4 is 26.1 Å². The maximum Gasteiger partial charge on any atom is 0.182 e. The molecule has 1 aliphatic heterocycles. The van der Waals surface area contributed by atoms with Crippen LogP contribution in [0, 0.1) is 0 Å². The minimum absolute atomic E-state index is 1.12. The van der Waals surface area contributed by atoms with Crippen LogP contribution in [-0.2, 0) is 0 Å². The minimum atomic E-state index is -2.40. The van der Waals surface area contributed by atoms with E-state index in [1.54, 1.807) is 5.19 Å². The van der Waals surface area contributed by atoms with Gasteiger partial charge in [0.05, 0.1) is 14.8 Å². The molecule has 0 saturated carbocycles. The highest BCUT2D eigenvalue weighted by Crippen LogP contribution is 2.43. The third-order valence-electron chi connectivity index (χ3n) is 6.84. The van der Waals surface area contributed by atoms with E-state index in [-0.39, 0.29) is 0 Å². The number of pyridine rings is 1. The molecule has 0 N–H and O–H groups in total. The third kappa shape index (κ3) is 3.66. The molecule has 3 aromatic heterocycles. The predicted molar refractivity (Wildman–Crippen MR) is 163 cm³/mol. The summed E-state index contributed by atoms with van der Waals surface area (Å²) in [4.78, 5) is 9.41. The summed E-state index contributed by atoms with van der Waals surface area (Å²) < 4.78 is 1.40. The van der Waals surface area contributed by atoms with E-state index in [9.17, 15) is 0 Å². The Bertz CT molecular complexity index is 1480. The zero-order chi connectivity index (χ0) is 24.2.